The second-order valence-corrected chi connectivity index (χ2v) is 8.13. The molecule has 0 radical (unpaired) electrons. The Morgan fingerprint density at radius 2 is 0.944 bits per heavy atom. The second-order valence-electron chi connectivity index (χ2n) is 8.13. The Morgan fingerprint density at radius 3 is 1.17 bits per heavy atom. The summed E-state index contributed by atoms with van der Waals surface area (Å²) in [7, 11) is 0. The van der Waals surface area contributed by atoms with Gasteiger partial charge in [-0.25, -0.2) is 0 Å². The van der Waals surface area contributed by atoms with Gasteiger partial charge in [0.2, 0.25) is 0 Å². The molecule has 0 bridgehead atoms. The van der Waals surface area contributed by atoms with Crippen LogP contribution in [0.25, 0.3) is 0 Å². The van der Waals surface area contributed by atoms with Crippen LogP contribution < -0.4 is 0 Å². The Bertz CT molecular complexity index is 370. The molecular formula is C18H30. The monoisotopic (exact) mass is 246 g/mol. The Morgan fingerprint density at radius 1 is 0.667 bits per heavy atom. The van der Waals surface area contributed by atoms with Crippen LogP contribution in [0.2, 0.25) is 0 Å². The molecule has 0 aliphatic rings. The van der Waals surface area contributed by atoms with Crippen molar-refractivity contribution >= 4 is 0 Å². The summed E-state index contributed by atoms with van der Waals surface area (Å²) >= 11 is 0. The highest BCUT2D eigenvalue weighted by Crippen LogP contribution is 2.31. The minimum atomic E-state index is 0.352. The first-order valence-corrected chi connectivity index (χ1v) is 7.07. The Balaban J connectivity index is 3.25. The zero-order chi connectivity index (χ0) is 14.1. The van der Waals surface area contributed by atoms with Crippen molar-refractivity contribution in [3.05, 3.63) is 34.4 Å². The normalized spacial score (nSPS) is 12.9. The van der Waals surface area contributed by atoms with Gasteiger partial charge in [0.05, 0.1) is 0 Å². The fraction of sp³-hybridized carbons (Fsp3) is 0.667. The van der Waals surface area contributed by atoms with E-state index >= 15 is 0 Å². The minimum Gasteiger partial charge on any atom is -0.0599 e. The minimum absolute atomic E-state index is 0.352. The van der Waals surface area contributed by atoms with Crippen molar-refractivity contribution in [3.63, 3.8) is 0 Å². The zero-order valence-electron chi connectivity index (χ0n) is 13.6. The van der Waals surface area contributed by atoms with Crippen molar-refractivity contribution in [1.82, 2.24) is 0 Å². The highest BCUT2D eigenvalue weighted by molar-refractivity contribution is 5.41. The summed E-state index contributed by atoms with van der Waals surface area (Å²) < 4.78 is 0. The molecule has 1 aromatic carbocycles. The fourth-order valence-electron chi connectivity index (χ4n) is 2.48. The number of rotatable bonds is 2. The largest absolute Gasteiger partial charge is 0.0599 e. The molecule has 0 nitrogen and oxygen atoms in total. The number of hydrogen-bond donors (Lipinski definition) is 0. The van der Waals surface area contributed by atoms with Crippen molar-refractivity contribution in [2.45, 2.75) is 68.2 Å². The summed E-state index contributed by atoms with van der Waals surface area (Å²) in [5.74, 6) is 0. The lowest BCUT2D eigenvalue weighted by Gasteiger charge is -2.27. The molecular weight excluding hydrogens is 216 g/mol. The highest BCUT2D eigenvalue weighted by atomic mass is 14.3. The van der Waals surface area contributed by atoms with Crippen molar-refractivity contribution in [2.24, 2.45) is 10.8 Å². The summed E-state index contributed by atoms with van der Waals surface area (Å²) in [5, 5.41) is 0. The molecule has 0 heteroatoms. The quantitative estimate of drug-likeness (QED) is 0.648. The van der Waals surface area contributed by atoms with E-state index in [2.05, 4.69) is 67.5 Å². The maximum atomic E-state index is 2.33. The number of benzene rings is 1. The van der Waals surface area contributed by atoms with Crippen LogP contribution in [0.1, 0.15) is 63.8 Å². The fourth-order valence-corrected chi connectivity index (χ4v) is 2.48. The molecule has 0 heterocycles. The van der Waals surface area contributed by atoms with Crippen molar-refractivity contribution in [3.8, 4) is 0 Å². The van der Waals surface area contributed by atoms with Gasteiger partial charge in [-0.05, 0) is 59.8 Å². The predicted octanol–water partition coefficient (Wildman–Crippen LogP) is 5.48. The Hall–Kier alpha value is -0.780. The molecule has 102 valence electrons. The first-order valence-electron chi connectivity index (χ1n) is 7.07. The molecule has 1 aromatic rings. The van der Waals surface area contributed by atoms with Gasteiger partial charge < -0.3 is 0 Å². The van der Waals surface area contributed by atoms with Crippen LogP contribution in [0.3, 0.4) is 0 Å². The molecule has 0 unspecified atom stereocenters. The molecule has 0 aliphatic heterocycles. The molecule has 0 saturated carbocycles. The van der Waals surface area contributed by atoms with Crippen molar-refractivity contribution < 1.29 is 0 Å². The molecule has 0 N–H and O–H groups in total. The standard InChI is InChI=1S/C18H30/c1-13-9-10-14(2)16(12-18(6,7)8)15(13)11-17(3,4)5/h9-10H,11-12H2,1-8H3. The second kappa shape index (κ2) is 5.07. The van der Waals surface area contributed by atoms with E-state index in [0.29, 0.717) is 10.8 Å². The van der Waals surface area contributed by atoms with Crippen LogP contribution >= 0.6 is 0 Å². The molecule has 1 rings (SSSR count). The van der Waals surface area contributed by atoms with E-state index in [1.54, 1.807) is 11.1 Å². The van der Waals surface area contributed by atoms with Gasteiger partial charge in [-0.2, -0.15) is 0 Å². The van der Waals surface area contributed by atoms with E-state index in [4.69, 9.17) is 0 Å². The van der Waals surface area contributed by atoms with Crippen molar-refractivity contribution in [2.75, 3.05) is 0 Å². The van der Waals surface area contributed by atoms with Crippen LogP contribution in [0.4, 0.5) is 0 Å². The van der Waals surface area contributed by atoms with Crippen LogP contribution in [0, 0.1) is 24.7 Å². The third kappa shape index (κ3) is 4.48. The van der Waals surface area contributed by atoms with Gasteiger partial charge in [0, 0.05) is 0 Å². The molecule has 0 amide bonds. The predicted molar refractivity (Wildman–Crippen MR) is 82.2 cm³/mol. The van der Waals surface area contributed by atoms with E-state index in [0.717, 1.165) is 0 Å². The SMILES string of the molecule is Cc1ccc(C)c(CC(C)(C)C)c1CC(C)(C)C. The van der Waals surface area contributed by atoms with Gasteiger partial charge in [0.15, 0.2) is 0 Å². The van der Waals surface area contributed by atoms with Gasteiger partial charge in [-0.3, -0.25) is 0 Å². The summed E-state index contributed by atoms with van der Waals surface area (Å²) in [5.41, 5.74) is 6.77. The summed E-state index contributed by atoms with van der Waals surface area (Å²) in [4.78, 5) is 0. The van der Waals surface area contributed by atoms with Gasteiger partial charge in [-0.1, -0.05) is 53.7 Å². The van der Waals surface area contributed by atoms with E-state index in [1.165, 1.54) is 24.0 Å². The zero-order valence-corrected chi connectivity index (χ0v) is 13.6. The van der Waals surface area contributed by atoms with E-state index in [1.807, 2.05) is 0 Å². The van der Waals surface area contributed by atoms with E-state index < -0.39 is 0 Å². The van der Waals surface area contributed by atoms with E-state index in [-0.39, 0.29) is 0 Å². The Kier molecular flexibility index (Phi) is 4.30. The van der Waals surface area contributed by atoms with Crippen LogP contribution in [-0.2, 0) is 12.8 Å². The van der Waals surface area contributed by atoms with Crippen molar-refractivity contribution in [1.29, 1.82) is 0 Å². The van der Waals surface area contributed by atoms with Gasteiger partial charge in [0.1, 0.15) is 0 Å². The average molecular weight is 246 g/mol. The molecule has 0 aromatic heterocycles. The lowest BCUT2D eigenvalue weighted by Crippen LogP contribution is -2.17. The van der Waals surface area contributed by atoms with Gasteiger partial charge >= 0.3 is 0 Å². The average Bonchev–Trinajstić information content (AvgIpc) is 2.14. The number of hydrogen-bond acceptors (Lipinski definition) is 0. The molecule has 18 heavy (non-hydrogen) atoms. The van der Waals surface area contributed by atoms with Gasteiger partial charge in [-0.15, -0.1) is 0 Å². The third-order valence-electron chi connectivity index (χ3n) is 3.31. The lowest BCUT2D eigenvalue weighted by molar-refractivity contribution is 0.391. The van der Waals surface area contributed by atoms with Crippen LogP contribution in [0.5, 0.6) is 0 Å². The molecule has 0 spiro atoms. The summed E-state index contributed by atoms with van der Waals surface area (Å²) in [6.07, 6.45) is 2.35. The molecule has 0 fully saturated rings. The lowest BCUT2D eigenvalue weighted by atomic mass is 9.78. The first-order chi connectivity index (χ1) is 7.99. The topological polar surface area (TPSA) is 0 Å². The van der Waals surface area contributed by atoms with E-state index in [9.17, 15) is 0 Å². The van der Waals surface area contributed by atoms with Gasteiger partial charge in [0.25, 0.3) is 0 Å². The molecule has 0 saturated heterocycles. The number of aryl methyl sites for hydroxylation is 2. The third-order valence-corrected chi connectivity index (χ3v) is 3.31. The molecule has 0 aliphatic carbocycles. The smallest absolute Gasteiger partial charge is 0.0224 e. The molecule has 0 atom stereocenters. The maximum Gasteiger partial charge on any atom is -0.0224 e. The highest BCUT2D eigenvalue weighted by Gasteiger charge is 2.20. The first kappa shape index (κ1) is 15.3. The van der Waals surface area contributed by atoms with Crippen LogP contribution in [-0.4, -0.2) is 0 Å². The summed E-state index contributed by atoms with van der Waals surface area (Å²) in [6.45, 7) is 18.5. The Labute approximate surface area is 114 Å². The summed E-state index contributed by atoms with van der Waals surface area (Å²) in [6, 6.07) is 4.56. The maximum absolute atomic E-state index is 2.33. The van der Waals surface area contributed by atoms with Crippen LogP contribution in [0.15, 0.2) is 12.1 Å².